The van der Waals surface area contributed by atoms with Crippen molar-refractivity contribution in [1.29, 1.82) is 0 Å². The van der Waals surface area contributed by atoms with Crippen molar-refractivity contribution in [3.8, 4) is 0 Å². The van der Waals surface area contributed by atoms with E-state index in [2.05, 4.69) is 36.4 Å². The maximum atomic E-state index is 11.5. The molecule has 2 aromatic carbocycles. The minimum absolute atomic E-state index is 0.309. The zero-order valence-corrected chi connectivity index (χ0v) is 11.9. The van der Waals surface area contributed by atoms with E-state index in [-0.39, 0.29) is 5.92 Å². The zero-order valence-electron chi connectivity index (χ0n) is 11.9. The fourth-order valence-electron chi connectivity index (χ4n) is 3.85. The van der Waals surface area contributed by atoms with Crippen LogP contribution in [0.2, 0.25) is 0 Å². The van der Waals surface area contributed by atoms with Crippen LogP contribution < -0.4 is 0 Å². The lowest BCUT2D eigenvalue weighted by Gasteiger charge is -2.27. The molecule has 1 unspecified atom stereocenters. The van der Waals surface area contributed by atoms with Gasteiger partial charge in [0.05, 0.1) is 5.92 Å². The lowest BCUT2D eigenvalue weighted by molar-refractivity contribution is -0.139. The number of aliphatic carboxylic acids is 1. The second-order valence-corrected chi connectivity index (χ2v) is 6.23. The maximum absolute atomic E-state index is 11.5. The molecule has 4 rings (SSSR count). The first-order valence-corrected chi connectivity index (χ1v) is 7.66. The molecule has 2 aliphatic carbocycles. The Morgan fingerprint density at radius 2 is 1.62 bits per heavy atom. The maximum Gasteiger partial charge on any atom is 0.310 e. The molecule has 0 fully saturated rings. The van der Waals surface area contributed by atoms with Crippen LogP contribution in [-0.2, 0) is 24.1 Å². The molecule has 106 valence electrons. The Hall–Kier alpha value is -2.09. The number of aryl methyl sites for hydroxylation is 1. The van der Waals surface area contributed by atoms with E-state index in [1.807, 2.05) is 0 Å². The molecule has 0 heterocycles. The Bertz CT molecular complexity index is 730. The van der Waals surface area contributed by atoms with Crippen LogP contribution in [0, 0.1) is 0 Å². The summed E-state index contributed by atoms with van der Waals surface area (Å²) in [5.74, 6) is -0.983. The van der Waals surface area contributed by atoms with E-state index in [4.69, 9.17) is 0 Å². The normalized spacial score (nSPS) is 19.3. The molecule has 0 spiro atoms. The van der Waals surface area contributed by atoms with Crippen molar-refractivity contribution in [2.24, 2.45) is 0 Å². The van der Waals surface area contributed by atoms with Crippen molar-refractivity contribution in [2.45, 2.75) is 38.0 Å². The van der Waals surface area contributed by atoms with Gasteiger partial charge in [0.15, 0.2) is 0 Å². The molecule has 0 aliphatic heterocycles. The van der Waals surface area contributed by atoms with Crippen LogP contribution in [0.25, 0.3) is 0 Å². The first kappa shape index (κ1) is 12.6. The molecular weight excluding hydrogens is 260 g/mol. The average Bonchev–Trinajstić information content (AvgIpc) is 2.50. The Labute approximate surface area is 124 Å². The molecule has 0 aromatic heterocycles. The highest BCUT2D eigenvalue weighted by molar-refractivity contribution is 5.77. The second kappa shape index (κ2) is 4.73. The van der Waals surface area contributed by atoms with Crippen LogP contribution in [0.15, 0.2) is 36.4 Å². The minimum atomic E-state index is -0.674. The lowest BCUT2D eigenvalue weighted by atomic mass is 9.77. The standard InChI is InChI=1S/C19H18O2/c20-19(21)17-7-3-6-14-10-15-8-12-4-1-2-5-13(12)9-16(15)11-18(14)17/h1-2,4-5,10-11,17H,3,6-9H2,(H,20,21). The fourth-order valence-corrected chi connectivity index (χ4v) is 3.85. The Kier molecular flexibility index (Phi) is 2.85. The number of carboxylic acid groups (broad SMARTS) is 1. The predicted molar refractivity (Wildman–Crippen MR) is 81.8 cm³/mol. The van der Waals surface area contributed by atoms with Crippen molar-refractivity contribution in [2.75, 3.05) is 0 Å². The Balaban J connectivity index is 1.80. The summed E-state index contributed by atoms with van der Waals surface area (Å²) in [5, 5.41) is 9.45. The first-order chi connectivity index (χ1) is 10.2. The van der Waals surface area contributed by atoms with E-state index < -0.39 is 5.97 Å². The van der Waals surface area contributed by atoms with Crippen molar-refractivity contribution in [3.63, 3.8) is 0 Å². The van der Waals surface area contributed by atoms with Crippen LogP contribution >= 0.6 is 0 Å². The van der Waals surface area contributed by atoms with Gasteiger partial charge < -0.3 is 5.11 Å². The molecule has 2 heteroatoms. The molecule has 1 N–H and O–H groups in total. The smallest absolute Gasteiger partial charge is 0.310 e. The van der Waals surface area contributed by atoms with Crippen molar-refractivity contribution in [3.05, 3.63) is 69.8 Å². The summed E-state index contributed by atoms with van der Waals surface area (Å²) in [5.41, 5.74) is 7.82. The lowest BCUT2D eigenvalue weighted by Crippen LogP contribution is -2.20. The molecule has 1 atom stereocenters. The highest BCUT2D eigenvalue weighted by Gasteiger charge is 2.28. The van der Waals surface area contributed by atoms with Crippen molar-refractivity contribution in [1.82, 2.24) is 0 Å². The third-order valence-electron chi connectivity index (χ3n) is 4.95. The van der Waals surface area contributed by atoms with Gasteiger partial charge in [-0.3, -0.25) is 4.79 Å². The van der Waals surface area contributed by atoms with Crippen LogP contribution in [0.3, 0.4) is 0 Å². The number of rotatable bonds is 1. The van der Waals surface area contributed by atoms with E-state index in [0.29, 0.717) is 0 Å². The molecule has 0 radical (unpaired) electrons. The molecule has 2 aromatic rings. The van der Waals surface area contributed by atoms with Gasteiger partial charge >= 0.3 is 5.97 Å². The molecule has 0 amide bonds. The van der Waals surface area contributed by atoms with Gasteiger partial charge in [-0.25, -0.2) is 0 Å². The van der Waals surface area contributed by atoms with E-state index in [1.165, 1.54) is 27.8 Å². The average molecular weight is 278 g/mol. The van der Waals surface area contributed by atoms with Gasteiger partial charge in [0, 0.05) is 0 Å². The highest BCUT2D eigenvalue weighted by Crippen LogP contribution is 2.37. The van der Waals surface area contributed by atoms with E-state index in [0.717, 1.165) is 37.7 Å². The van der Waals surface area contributed by atoms with Gasteiger partial charge in [-0.05, 0) is 65.5 Å². The fraction of sp³-hybridized carbons (Fsp3) is 0.316. The van der Waals surface area contributed by atoms with E-state index in [1.54, 1.807) is 0 Å². The quantitative estimate of drug-likeness (QED) is 0.737. The topological polar surface area (TPSA) is 37.3 Å². The summed E-state index contributed by atoms with van der Waals surface area (Å²) in [7, 11) is 0. The largest absolute Gasteiger partial charge is 0.481 e. The third kappa shape index (κ3) is 2.06. The Morgan fingerprint density at radius 3 is 2.29 bits per heavy atom. The first-order valence-electron chi connectivity index (χ1n) is 7.66. The number of fused-ring (bicyclic) bond motifs is 3. The zero-order chi connectivity index (χ0) is 14.4. The summed E-state index contributed by atoms with van der Waals surface area (Å²) >= 11 is 0. The summed E-state index contributed by atoms with van der Waals surface area (Å²) in [6.45, 7) is 0. The van der Waals surface area contributed by atoms with Crippen LogP contribution in [-0.4, -0.2) is 11.1 Å². The summed E-state index contributed by atoms with van der Waals surface area (Å²) in [6, 6.07) is 13.0. The van der Waals surface area contributed by atoms with Gasteiger partial charge in [-0.15, -0.1) is 0 Å². The number of hydrogen-bond donors (Lipinski definition) is 1. The molecule has 2 aliphatic rings. The SMILES string of the molecule is O=C(O)C1CCCc2cc3c(cc21)Cc1ccccc1C3. The number of carbonyl (C=O) groups is 1. The Morgan fingerprint density at radius 1 is 0.952 bits per heavy atom. The van der Waals surface area contributed by atoms with Crippen LogP contribution in [0.4, 0.5) is 0 Å². The van der Waals surface area contributed by atoms with Gasteiger partial charge in [-0.2, -0.15) is 0 Å². The highest BCUT2D eigenvalue weighted by atomic mass is 16.4. The van der Waals surface area contributed by atoms with Crippen molar-refractivity contribution >= 4 is 5.97 Å². The van der Waals surface area contributed by atoms with Crippen LogP contribution in [0.1, 0.15) is 52.1 Å². The molecule has 0 saturated carbocycles. The van der Waals surface area contributed by atoms with E-state index >= 15 is 0 Å². The predicted octanol–water partition coefficient (Wildman–Crippen LogP) is 3.69. The number of hydrogen-bond acceptors (Lipinski definition) is 1. The molecule has 0 saturated heterocycles. The van der Waals surface area contributed by atoms with E-state index in [9.17, 15) is 9.90 Å². The summed E-state index contributed by atoms with van der Waals surface area (Å²) in [4.78, 5) is 11.5. The summed E-state index contributed by atoms with van der Waals surface area (Å²) in [6.07, 6.45) is 4.70. The molecule has 2 nitrogen and oxygen atoms in total. The van der Waals surface area contributed by atoms with Gasteiger partial charge in [0.1, 0.15) is 0 Å². The molecule has 21 heavy (non-hydrogen) atoms. The summed E-state index contributed by atoms with van der Waals surface area (Å²) < 4.78 is 0. The van der Waals surface area contributed by atoms with Gasteiger partial charge in [-0.1, -0.05) is 36.4 Å². The second-order valence-electron chi connectivity index (χ2n) is 6.23. The molecule has 0 bridgehead atoms. The minimum Gasteiger partial charge on any atom is -0.481 e. The number of carboxylic acids is 1. The molecular formula is C19H18O2. The van der Waals surface area contributed by atoms with Gasteiger partial charge in [0.2, 0.25) is 0 Å². The van der Waals surface area contributed by atoms with Crippen LogP contribution in [0.5, 0.6) is 0 Å². The van der Waals surface area contributed by atoms with Crippen molar-refractivity contribution < 1.29 is 9.90 Å². The van der Waals surface area contributed by atoms with Gasteiger partial charge in [0.25, 0.3) is 0 Å². The monoisotopic (exact) mass is 278 g/mol. The third-order valence-corrected chi connectivity index (χ3v) is 4.95. The number of benzene rings is 2.